The van der Waals surface area contributed by atoms with Crippen molar-refractivity contribution < 1.29 is 14.6 Å². The van der Waals surface area contributed by atoms with Crippen LogP contribution in [0.15, 0.2) is 24.3 Å². The molecule has 0 bridgehead atoms. The minimum Gasteiger partial charge on any atom is -0.508 e. The van der Waals surface area contributed by atoms with Gasteiger partial charge >= 0.3 is 5.97 Å². The van der Waals surface area contributed by atoms with E-state index in [1.165, 1.54) is 6.08 Å². The molecule has 1 aromatic rings. The van der Waals surface area contributed by atoms with Crippen LogP contribution in [0.25, 0.3) is 6.08 Å². The van der Waals surface area contributed by atoms with Gasteiger partial charge in [0, 0.05) is 6.08 Å². The zero-order chi connectivity index (χ0) is 11.3. The van der Waals surface area contributed by atoms with Crippen LogP contribution < -0.4 is 0 Å². The lowest BCUT2D eigenvalue weighted by atomic mass is 10.1. The van der Waals surface area contributed by atoms with Gasteiger partial charge in [-0.05, 0) is 43.2 Å². The Morgan fingerprint density at radius 2 is 2.20 bits per heavy atom. The Kier molecular flexibility index (Phi) is 3.92. The van der Waals surface area contributed by atoms with Crippen LogP contribution in [0.2, 0.25) is 0 Å². The van der Waals surface area contributed by atoms with E-state index in [9.17, 15) is 9.90 Å². The highest BCUT2D eigenvalue weighted by Gasteiger charge is 1.96. The number of aryl methyl sites for hydroxylation is 1. The van der Waals surface area contributed by atoms with Crippen molar-refractivity contribution >= 4 is 12.0 Å². The van der Waals surface area contributed by atoms with Crippen LogP contribution in [0.4, 0.5) is 0 Å². The van der Waals surface area contributed by atoms with Crippen molar-refractivity contribution in [3.63, 3.8) is 0 Å². The molecule has 80 valence electrons. The average Bonchev–Trinajstić information content (AvgIpc) is 2.14. The van der Waals surface area contributed by atoms with Crippen molar-refractivity contribution in [2.24, 2.45) is 0 Å². The van der Waals surface area contributed by atoms with Crippen molar-refractivity contribution in [2.45, 2.75) is 13.8 Å². The summed E-state index contributed by atoms with van der Waals surface area (Å²) in [7, 11) is 0. The molecule has 0 fully saturated rings. The van der Waals surface area contributed by atoms with Gasteiger partial charge in [0.05, 0.1) is 6.61 Å². The SMILES string of the molecule is CCOC(=O)/C=C/c1cc(C)cc(O)c1. The highest BCUT2D eigenvalue weighted by molar-refractivity contribution is 5.87. The van der Waals surface area contributed by atoms with Crippen LogP contribution in [0, 0.1) is 6.92 Å². The maximum atomic E-state index is 11.0. The van der Waals surface area contributed by atoms with E-state index in [0.717, 1.165) is 11.1 Å². The third kappa shape index (κ3) is 3.85. The summed E-state index contributed by atoms with van der Waals surface area (Å²) in [5.41, 5.74) is 1.72. The fourth-order valence-corrected chi connectivity index (χ4v) is 1.24. The third-order valence-electron chi connectivity index (χ3n) is 1.78. The lowest BCUT2D eigenvalue weighted by Gasteiger charge is -1.99. The molecule has 1 rings (SSSR count). The van der Waals surface area contributed by atoms with Crippen molar-refractivity contribution in [1.82, 2.24) is 0 Å². The molecule has 15 heavy (non-hydrogen) atoms. The summed E-state index contributed by atoms with van der Waals surface area (Å²) in [4.78, 5) is 11.0. The Hall–Kier alpha value is -1.77. The lowest BCUT2D eigenvalue weighted by molar-refractivity contribution is -0.137. The Bertz CT molecular complexity index is 360. The highest BCUT2D eigenvalue weighted by Crippen LogP contribution is 2.15. The van der Waals surface area contributed by atoms with E-state index in [1.54, 1.807) is 25.1 Å². The molecule has 0 radical (unpaired) electrons. The van der Waals surface area contributed by atoms with Gasteiger partial charge in [-0.3, -0.25) is 0 Å². The van der Waals surface area contributed by atoms with E-state index in [-0.39, 0.29) is 11.7 Å². The number of phenolic OH excluding ortho intramolecular Hbond substituents is 1. The number of ether oxygens (including phenoxy) is 1. The largest absolute Gasteiger partial charge is 0.508 e. The summed E-state index contributed by atoms with van der Waals surface area (Å²) in [5.74, 6) is -0.183. The van der Waals surface area contributed by atoms with Crippen LogP contribution in [0.1, 0.15) is 18.1 Å². The maximum Gasteiger partial charge on any atom is 0.330 e. The molecule has 0 aliphatic rings. The number of hydrogen-bond acceptors (Lipinski definition) is 3. The first-order valence-corrected chi connectivity index (χ1v) is 4.77. The molecule has 3 nitrogen and oxygen atoms in total. The predicted octanol–water partition coefficient (Wildman–Crippen LogP) is 2.28. The molecule has 3 heteroatoms. The highest BCUT2D eigenvalue weighted by atomic mass is 16.5. The van der Waals surface area contributed by atoms with Gasteiger partial charge in [-0.15, -0.1) is 0 Å². The fraction of sp³-hybridized carbons (Fsp3) is 0.250. The van der Waals surface area contributed by atoms with E-state index in [1.807, 2.05) is 13.0 Å². The normalized spacial score (nSPS) is 10.5. The van der Waals surface area contributed by atoms with Crippen LogP contribution in [-0.2, 0) is 9.53 Å². The number of rotatable bonds is 3. The monoisotopic (exact) mass is 206 g/mol. The van der Waals surface area contributed by atoms with Crippen molar-refractivity contribution in [3.8, 4) is 5.75 Å². The van der Waals surface area contributed by atoms with Crippen molar-refractivity contribution in [2.75, 3.05) is 6.61 Å². The molecule has 0 aromatic heterocycles. The summed E-state index contributed by atoms with van der Waals surface area (Å²) in [5, 5.41) is 9.31. The molecule has 0 heterocycles. The van der Waals surface area contributed by atoms with E-state index < -0.39 is 0 Å². The van der Waals surface area contributed by atoms with Gasteiger partial charge in [0.25, 0.3) is 0 Å². The van der Waals surface area contributed by atoms with Crippen LogP contribution in [0.5, 0.6) is 5.75 Å². The van der Waals surface area contributed by atoms with Gasteiger partial charge in [0.15, 0.2) is 0 Å². The van der Waals surface area contributed by atoms with Gasteiger partial charge in [-0.25, -0.2) is 4.79 Å². The van der Waals surface area contributed by atoms with E-state index >= 15 is 0 Å². The first-order valence-electron chi connectivity index (χ1n) is 4.77. The first-order chi connectivity index (χ1) is 7.11. The first kappa shape index (κ1) is 11.3. The minimum absolute atomic E-state index is 0.193. The molecule has 1 N–H and O–H groups in total. The van der Waals surface area contributed by atoms with Gasteiger partial charge in [0.2, 0.25) is 0 Å². The predicted molar refractivity (Wildman–Crippen MR) is 58.5 cm³/mol. The zero-order valence-electron chi connectivity index (χ0n) is 8.86. The number of phenols is 1. The summed E-state index contributed by atoms with van der Waals surface area (Å²) < 4.78 is 4.74. The topological polar surface area (TPSA) is 46.5 Å². The van der Waals surface area contributed by atoms with Crippen LogP contribution in [0.3, 0.4) is 0 Å². The number of hydrogen-bond donors (Lipinski definition) is 1. The van der Waals surface area contributed by atoms with Gasteiger partial charge < -0.3 is 9.84 Å². The van der Waals surface area contributed by atoms with Crippen LogP contribution in [-0.4, -0.2) is 17.7 Å². The lowest BCUT2D eigenvalue weighted by Crippen LogP contribution is -1.98. The molecule has 0 unspecified atom stereocenters. The molecule has 0 atom stereocenters. The summed E-state index contributed by atoms with van der Waals surface area (Å²) >= 11 is 0. The second kappa shape index (κ2) is 5.20. The van der Waals surface area contributed by atoms with Gasteiger partial charge in [-0.1, -0.05) is 6.07 Å². The van der Waals surface area contributed by atoms with Crippen molar-refractivity contribution in [3.05, 3.63) is 35.4 Å². The molecule has 0 amide bonds. The summed E-state index contributed by atoms with van der Waals surface area (Å²) in [6, 6.07) is 5.11. The number of benzene rings is 1. The zero-order valence-corrected chi connectivity index (χ0v) is 8.86. The average molecular weight is 206 g/mol. The maximum absolute atomic E-state index is 11.0. The summed E-state index contributed by atoms with van der Waals surface area (Å²) in [6.45, 7) is 3.99. The Labute approximate surface area is 89.0 Å². The Balaban J connectivity index is 2.76. The molecular formula is C12H14O3. The van der Waals surface area contributed by atoms with Gasteiger partial charge in [-0.2, -0.15) is 0 Å². The van der Waals surface area contributed by atoms with E-state index in [0.29, 0.717) is 6.61 Å². The second-order valence-electron chi connectivity index (χ2n) is 3.19. The summed E-state index contributed by atoms with van der Waals surface area (Å²) in [6.07, 6.45) is 2.96. The quantitative estimate of drug-likeness (QED) is 0.609. The molecular weight excluding hydrogens is 192 g/mol. The molecule has 0 saturated heterocycles. The number of carbonyl (C=O) groups is 1. The van der Waals surface area contributed by atoms with E-state index in [4.69, 9.17) is 4.74 Å². The number of esters is 1. The second-order valence-corrected chi connectivity index (χ2v) is 3.19. The Morgan fingerprint density at radius 3 is 2.80 bits per heavy atom. The molecule has 1 aromatic carbocycles. The molecule has 0 saturated carbocycles. The smallest absolute Gasteiger partial charge is 0.330 e. The van der Waals surface area contributed by atoms with E-state index in [2.05, 4.69) is 0 Å². The molecule has 0 spiro atoms. The minimum atomic E-state index is -0.376. The fourth-order valence-electron chi connectivity index (χ4n) is 1.24. The molecule has 0 aliphatic heterocycles. The van der Waals surface area contributed by atoms with Crippen LogP contribution >= 0.6 is 0 Å². The third-order valence-corrected chi connectivity index (χ3v) is 1.78. The standard InChI is InChI=1S/C12H14O3/c1-3-15-12(14)5-4-10-6-9(2)7-11(13)8-10/h4-8,13H,3H2,1-2H3/b5-4+. The Morgan fingerprint density at radius 1 is 1.47 bits per heavy atom. The number of carbonyl (C=O) groups excluding carboxylic acids is 1. The number of aromatic hydroxyl groups is 1. The van der Waals surface area contributed by atoms with Crippen molar-refractivity contribution in [1.29, 1.82) is 0 Å². The molecule has 0 aliphatic carbocycles. The van der Waals surface area contributed by atoms with Gasteiger partial charge in [0.1, 0.15) is 5.75 Å².